The average Bonchev–Trinajstić information content (AvgIpc) is 2.54. The van der Waals surface area contributed by atoms with E-state index in [0.29, 0.717) is 5.56 Å². The van der Waals surface area contributed by atoms with Crippen molar-refractivity contribution in [3.8, 4) is 0 Å². The molecule has 0 saturated carbocycles. The second-order valence-electron chi connectivity index (χ2n) is 4.29. The summed E-state index contributed by atoms with van der Waals surface area (Å²) in [6.07, 6.45) is -1.41. The van der Waals surface area contributed by atoms with Gasteiger partial charge in [0, 0.05) is 5.75 Å². The lowest BCUT2D eigenvalue weighted by Gasteiger charge is -2.03. The van der Waals surface area contributed by atoms with Crippen LogP contribution < -0.4 is 5.73 Å². The Kier molecular flexibility index (Phi) is 7.74. The van der Waals surface area contributed by atoms with Gasteiger partial charge in [0.1, 0.15) is 0 Å². The van der Waals surface area contributed by atoms with Gasteiger partial charge in [-0.25, -0.2) is 4.79 Å². The normalized spacial score (nSPS) is 11.0. The number of aliphatic hydroxyl groups excluding tert-OH is 1. The van der Waals surface area contributed by atoms with E-state index in [1.165, 1.54) is 17.3 Å². The second-order valence-corrected chi connectivity index (χ2v) is 5.31. The molecular formula is C16H18N2O3S. The highest BCUT2D eigenvalue weighted by Gasteiger charge is 2.14. The number of benzene rings is 2. The number of nitrogens with two attached hydrogens (primary N) is 1. The molecular weight excluding hydrogens is 300 g/mol. The van der Waals surface area contributed by atoms with Crippen molar-refractivity contribution in [1.82, 2.24) is 0 Å². The molecule has 0 aliphatic heterocycles. The summed E-state index contributed by atoms with van der Waals surface area (Å²) < 4.78 is 0. The van der Waals surface area contributed by atoms with Gasteiger partial charge in [-0.2, -0.15) is 0 Å². The van der Waals surface area contributed by atoms with Gasteiger partial charge in [0.25, 0.3) is 0 Å². The Hall–Kier alpha value is -2.31. The molecule has 0 heterocycles. The highest BCUT2D eigenvalue weighted by molar-refractivity contribution is 8.13. The number of hydrogen-bond donors (Lipinski definition) is 4. The summed E-state index contributed by atoms with van der Waals surface area (Å²) >= 11 is 1.35. The molecule has 5 nitrogen and oxygen atoms in total. The first-order valence-corrected chi connectivity index (χ1v) is 7.46. The summed E-state index contributed by atoms with van der Waals surface area (Å²) in [4.78, 5) is 10.2. The van der Waals surface area contributed by atoms with Crippen molar-refractivity contribution >= 4 is 22.9 Å². The van der Waals surface area contributed by atoms with Crippen LogP contribution in [0.5, 0.6) is 0 Å². The molecule has 1 unspecified atom stereocenters. The lowest BCUT2D eigenvalue weighted by atomic mass is 10.1. The number of hydrogen-bond acceptors (Lipinski definition) is 4. The first-order valence-electron chi connectivity index (χ1n) is 6.47. The van der Waals surface area contributed by atoms with Crippen LogP contribution in [-0.4, -0.2) is 21.4 Å². The Morgan fingerprint density at radius 3 is 2.05 bits per heavy atom. The van der Waals surface area contributed by atoms with Gasteiger partial charge in [0.2, 0.25) is 0 Å². The van der Waals surface area contributed by atoms with Gasteiger partial charge in [-0.1, -0.05) is 72.4 Å². The molecule has 0 amide bonds. The van der Waals surface area contributed by atoms with Crippen LogP contribution in [0.2, 0.25) is 0 Å². The summed E-state index contributed by atoms with van der Waals surface area (Å²) in [5.41, 5.74) is 6.79. The fraction of sp³-hybridized carbons (Fsp3) is 0.125. The topological polar surface area (TPSA) is 107 Å². The monoisotopic (exact) mass is 318 g/mol. The molecule has 0 fully saturated rings. The van der Waals surface area contributed by atoms with Crippen LogP contribution in [0.3, 0.4) is 0 Å². The molecule has 0 aromatic heterocycles. The zero-order chi connectivity index (χ0) is 16.4. The number of thioether (sulfide) groups is 1. The van der Waals surface area contributed by atoms with Crippen molar-refractivity contribution in [1.29, 1.82) is 5.41 Å². The Morgan fingerprint density at radius 2 is 1.59 bits per heavy atom. The standard InChI is InChI=1S/C8H10N2S.C8H8O3/c9-8(10)11-6-7-4-2-1-3-5-7;9-7(8(10)11)6-4-2-1-3-5-6/h1-5H,6H2,(H3,9,10);1-5,7,9H,(H,10,11). The van der Waals surface area contributed by atoms with Crippen molar-refractivity contribution in [2.75, 3.05) is 0 Å². The maximum atomic E-state index is 10.2. The largest absolute Gasteiger partial charge is 0.479 e. The van der Waals surface area contributed by atoms with Gasteiger partial charge >= 0.3 is 5.97 Å². The number of nitrogens with one attached hydrogen (secondary N) is 1. The Bertz CT molecular complexity index is 591. The van der Waals surface area contributed by atoms with E-state index in [4.69, 9.17) is 21.4 Å². The third-order valence-electron chi connectivity index (χ3n) is 2.59. The fourth-order valence-corrected chi connectivity index (χ4v) is 2.03. The molecule has 116 valence electrons. The molecule has 6 heteroatoms. The second kappa shape index (κ2) is 9.59. The van der Waals surface area contributed by atoms with Crippen LogP contribution >= 0.6 is 11.8 Å². The third kappa shape index (κ3) is 6.92. The summed E-state index contributed by atoms with van der Waals surface area (Å²) in [6.45, 7) is 0. The molecule has 0 aliphatic carbocycles. The minimum atomic E-state index is -1.41. The molecule has 0 saturated heterocycles. The van der Waals surface area contributed by atoms with E-state index in [1.807, 2.05) is 30.3 Å². The van der Waals surface area contributed by atoms with Crippen molar-refractivity contribution in [3.05, 3.63) is 71.8 Å². The van der Waals surface area contributed by atoms with Gasteiger partial charge in [-0.05, 0) is 11.1 Å². The van der Waals surface area contributed by atoms with E-state index in [9.17, 15) is 4.79 Å². The van der Waals surface area contributed by atoms with Crippen molar-refractivity contribution in [2.24, 2.45) is 5.73 Å². The maximum Gasteiger partial charge on any atom is 0.337 e. The number of aliphatic carboxylic acids is 1. The lowest BCUT2D eigenvalue weighted by molar-refractivity contribution is -0.146. The summed E-state index contributed by atoms with van der Waals surface area (Å²) in [5, 5.41) is 24.5. The Morgan fingerprint density at radius 1 is 1.09 bits per heavy atom. The van der Waals surface area contributed by atoms with Gasteiger partial charge in [0.05, 0.1) is 0 Å². The molecule has 0 radical (unpaired) electrons. The van der Waals surface area contributed by atoms with Crippen molar-refractivity contribution < 1.29 is 15.0 Å². The quantitative estimate of drug-likeness (QED) is 0.512. The predicted molar refractivity (Wildman–Crippen MR) is 88.7 cm³/mol. The highest BCUT2D eigenvalue weighted by atomic mass is 32.2. The molecule has 22 heavy (non-hydrogen) atoms. The highest BCUT2D eigenvalue weighted by Crippen LogP contribution is 2.11. The molecule has 0 bridgehead atoms. The van der Waals surface area contributed by atoms with Crippen LogP contribution in [0, 0.1) is 5.41 Å². The van der Waals surface area contributed by atoms with E-state index >= 15 is 0 Å². The minimum Gasteiger partial charge on any atom is -0.479 e. The lowest BCUT2D eigenvalue weighted by Crippen LogP contribution is -2.09. The van der Waals surface area contributed by atoms with Crippen LogP contribution in [-0.2, 0) is 10.5 Å². The molecule has 2 rings (SSSR count). The summed E-state index contributed by atoms with van der Waals surface area (Å²) in [6, 6.07) is 18.2. The molecule has 5 N–H and O–H groups in total. The average molecular weight is 318 g/mol. The number of aliphatic hydroxyl groups is 1. The smallest absolute Gasteiger partial charge is 0.337 e. The van der Waals surface area contributed by atoms with Gasteiger partial charge in [-0.15, -0.1) is 0 Å². The molecule has 2 aromatic rings. The summed E-state index contributed by atoms with van der Waals surface area (Å²) in [7, 11) is 0. The van der Waals surface area contributed by atoms with Gasteiger partial charge < -0.3 is 15.9 Å². The van der Waals surface area contributed by atoms with Crippen LogP contribution in [0.25, 0.3) is 0 Å². The number of amidine groups is 1. The molecule has 0 aliphatic rings. The molecule has 2 aromatic carbocycles. The van der Waals surface area contributed by atoms with Gasteiger partial charge in [0.15, 0.2) is 11.3 Å². The van der Waals surface area contributed by atoms with Crippen molar-refractivity contribution in [2.45, 2.75) is 11.9 Å². The van der Waals surface area contributed by atoms with Crippen molar-refractivity contribution in [3.63, 3.8) is 0 Å². The first kappa shape index (κ1) is 17.7. The third-order valence-corrected chi connectivity index (χ3v) is 3.38. The molecule has 0 spiro atoms. The summed E-state index contributed by atoms with van der Waals surface area (Å²) in [5.74, 6) is -0.438. The fourth-order valence-electron chi connectivity index (χ4n) is 1.51. The van der Waals surface area contributed by atoms with E-state index in [1.54, 1.807) is 30.3 Å². The van der Waals surface area contributed by atoms with Crippen LogP contribution in [0.1, 0.15) is 17.2 Å². The number of rotatable bonds is 4. The number of carboxylic acid groups (broad SMARTS) is 1. The Labute approximate surface area is 133 Å². The molecule has 1 atom stereocenters. The SMILES string of the molecule is N=C(N)SCc1ccccc1.O=C(O)C(O)c1ccccc1. The minimum absolute atomic E-state index is 0.175. The van der Waals surface area contributed by atoms with E-state index < -0.39 is 12.1 Å². The zero-order valence-electron chi connectivity index (χ0n) is 11.8. The predicted octanol–water partition coefficient (Wildman–Crippen LogP) is 2.62. The van der Waals surface area contributed by atoms with E-state index in [-0.39, 0.29) is 5.17 Å². The number of carboxylic acids is 1. The first-order chi connectivity index (χ1) is 10.5. The Balaban J connectivity index is 0.000000220. The van der Waals surface area contributed by atoms with E-state index in [0.717, 1.165) is 5.75 Å². The zero-order valence-corrected chi connectivity index (χ0v) is 12.7. The van der Waals surface area contributed by atoms with Gasteiger partial charge in [-0.3, -0.25) is 5.41 Å². The number of carbonyl (C=O) groups is 1. The van der Waals surface area contributed by atoms with Crippen LogP contribution in [0.4, 0.5) is 0 Å². The van der Waals surface area contributed by atoms with E-state index in [2.05, 4.69) is 0 Å². The maximum absolute atomic E-state index is 10.2. The van der Waals surface area contributed by atoms with Crippen LogP contribution in [0.15, 0.2) is 60.7 Å².